The van der Waals surface area contributed by atoms with Crippen LogP contribution in [-0.4, -0.2) is 35.8 Å². The Kier molecular flexibility index (Phi) is 4.68. The summed E-state index contributed by atoms with van der Waals surface area (Å²) in [6.45, 7) is 4.26. The average molecular weight is 383 g/mol. The zero-order valence-electron chi connectivity index (χ0n) is 15.4. The Bertz CT molecular complexity index is 1070. The number of nitrogens with zero attached hydrogens (tertiary/aromatic N) is 2. The number of carbonyl (C=O) groups excluding carboxylic acids is 1. The van der Waals surface area contributed by atoms with Crippen LogP contribution in [0.25, 0.3) is 11.0 Å². The van der Waals surface area contributed by atoms with Crippen molar-refractivity contribution in [2.24, 2.45) is 0 Å². The van der Waals surface area contributed by atoms with Crippen molar-refractivity contribution < 1.29 is 23.4 Å². The maximum atomic E-state index is 13.9. The van der Waals surface area contributed by atoms with Gasteiger partial charge in [0.2, 0.25) is 6.79 Å². The molecule has 28 heavy (non-hydrogen) atoms. The van der Waals surface area contributed by atoms with Crippen LogP contribution in [0.1, 0.15) is 21.7 Å². The lowest BCUT2D eigenvalue weighted by molar-refractivity contribution is 0.0948. The molecule has 0 bridgehead atoms. The molecule has 1 aliphatic rings. The SMILES string of the molecule is Cc1nc2cc(F)cc(C(=O)NCCOc3ccc4c(c3)OCO4)c2nc1C. The molecule has 8 heteroatoms. The number of fused-ring (bicyclic) bond motifs is 2. The van der Waals surface area contributed by atoms with Crippen molar-refractivity contribution in [1.82, 2.24) is 15.3 Å². The molecular weight excluding hydrogens is 365 g/mol. The van der Waals surface area contributed by atoms with Crippen LogP contribution in [0, 0.1) is 19.7 Å². The second-order valence-electron chi connectivity index (χ2n) is 6.33. The van der Waals surface area contributed by atoms with Gasteiger partial charge in [0.15, 0.2) is 11.5 Å². The largest absolute Gasteiger partial charge is 0.492 e. The number of rotatable bonds is 5. The van der Waals surface area contributed by atoms with Crippen molar-refractivity contribution in [1.29, 1.82) is 0 Å². The van der Waals surface area contributed by atoms with Gasteiger partial charge in [0, 0.05) is 12.1 Å². The van der Waals surface area contributed by atoms with E-state index in [4.69, 9.17) is 14.2 Å². The summed E-state index contributed by atoms with van der Waals surface area (Å²) in [6.07, 6.45) is 0. The van der Waals surface area contributed by atoms with E-state index < -0.39 is 11.7 Å². The van der Waals surface area contributed by atoms with Gasteiger partial charge in [-0.05, 0) is 32.0 Å². The van der Waals surface area contributed by atoms with E-state index in [-0.39, 0.29) is 25.5 Å². The maximum absolute atomic E-state index is 13.9. The summed E-state index contributed by atoms with van der Waals surface area (Å²) < 4.78 is 30.1. The van der Waals surface area contributed by atoms with Gasteiger partial charge in [0.05, 0.1) is 29.0 Å². The number of nitrogens with one attached hydrogen (secondary N) is 1. The van der Waals surface area contributed by atoms with E-state index in [2.05, 4.69) is 15.3 Å². The monoisotopic (exact) mass is 383 g/mol. The zero-order chi connectivity index (χ0) is 19.7. The molecule has 1 aliphatic heterocycles. The van der Waals surface area contributed by atoms with Crippen molar-refractivity contribution >= 4 is 16.9 Å². The highest BCUT2D eigenvalue weighted by Gasteiger charge is 2.16. The van der Waals surface area contributed by atoms with Gasteiger partial charge in [-0.2, -0.15) is 0 Å². The molecule has 1 amide bonds. The minimum absolute atomic E-state index is 0.147. The molecule has 1 aromatic heterocycles. The van der Waals surface area contributed by atoms with Crippen LogP contribution < -0.4 is 19.5 Å². The molecular formula is C20H18FN3O4. The first-order valence-corrected chi connectivity index (χ1v) is 8.76. The highest BCUT2D eigenvalue weighted by atomic mass is 19.1. The van der Waals surface area contributed by atoms with Crippen LogP contribution in [-0.2, 0) is 0 Å². The number of aromatic nitrogens is 2. The Balaban J connectivity index is 1.42. The predicted molar refractivity (Wildman–Crippen MR) is 99.4 cm³/mol. The van der Waals surface area contributed by atoms with Gasteiger partial charge in [-0.1, -0.05) is 0 Å². The highest BCUT2D eigenvalue weighted by Crippen LogP contribution is 2.35. The first kappa shape index (κ1) is 18.0. The van der Waals surface area contributed by atoms with Crippen LogP contribution in [0.15, 0.2) is 30.3 Å². The molecule has 0 unspecified atom stereocenters. The number of benzene rings is 2. The highest BCUT2D eigenvalue weighted by molar-refractivity contribution is 6.04. The molecule has 7 nitrogen and oxygen atoms in total. The molecule has 0 saturated carbocycles. The molecule has 0 radical (unpaired) electrons. The number of halogens is 1. The van der Waals surface area contributed by atoms with Crippen molar-refractivity contribution in [3.63, 3.8) is 0 Å². The Morgan fingerprint density at radius 3 is 2.79 bits per heavy atom. The lowest BCUT2D eigenvalue weighted by Crippen LogP contribution is -2.28. The second-order valence-corrected chi connectivity index (χ2v) is 6.33. The third-order valence-electron chi connectivity index (χ3n) is 4.39. The second kappa shape index (κ2) is 7.30. The quantitative estimate of drug-likeness (QED) is 0.682. The summed E-state index contributed by atoms with van der Waals surface area (Å²) in [5.41, 5.74) is 2.26. The number of aryl methyl sites for hydroxylation is 2. The van der Waals surface area contributed by atoms with E-state index in [9.17, 15) is 9.18 Å². The lowest BCUT2D eigenvalue weighted by Gasteiger charge is -2.10. The molecule has 144 valence electrons. The number of hydrogen-bond acceptors (Lipinski definition) is 6. The van der Waals surface area contributed by atoms with Crippen LogP contribution in [0.2, 0.25) is 0 Å². The number of carbonyl (C=O) groups is 1. The molecule has 0 saturated heterocycles. The van der Waals surface area contributed by atoms with Gasteiger partial charge < -0.3 is 19.5 Å². The van der Waals surface area contributed by atoms with Crippen molar-refractivity contribution in [3.8, 4) is 17.2 Å². The summed E-state index contributed by atoms with van der Waals surface area (Å²) >= 11 is 0. The van der Waals surface area contributed by atoms with Crippen molar-refractivity contribution in [3.05, 3.63) is 53.1 Å². The predicted octanol–water partition coefficient (Wildman–Crippen LogP) is 2.92. The fraction of sp³-hybridized carbons (Fsp3) is 0.250. The summed E-state index contributed by atoms with van der Waals surface area (Å²) in [5, 5.41) is 2.72. The molecule has 0 atom stereocenters. The van der Waals surface area contributed by atoms with E-state index in [1.165, 1.54) is 12.1 Å². The first-order chi connectivity index (χ1) is 13.5. The van der Waals surface area contributed by atoms with Crippen LogP contribution in [0.5, 0.6) is 17.2 Å². The summed E-state index contributed by atoms with van der Waals surface area (Å²) in [6, 6.07) is 7.69. The van der Waals surface area contributed by atoms with E-state index in [1.807, 2.05) is 0 Å². The molecule has 4 rings (SSSR count). The summed E-state index contributed by atoms with van der Waals surface area (Å²) in [7, 11) is 0. The minimum Gasteiger partial charge on any atom is -0.492 e. The van der Waals surface area contributed by atoms with Crippen LogP contribution in [0.3, 0.4) is 0 Å². The normalized spacial score (nSPS) is 12.2. The minimum atomic E-state index is -0.535. The molecule has 0 fully saturated rings. The Morgan fingerprint density at radius 1 is 1.14 bits per heavy atom. The molecule has 2 heterocycles. The van der Waals surface area contributed by atoms with Crippen molar-refractivity contribution in [2.45, 2.75) is 13.8 Å². The van der Waals surface area contributed by atoms with Crippen LogP contribution >= 0.6 is 0 Å². The topological polar surface area (TPSA) is 82.6 Å². The van der Waals surface area contributed by atoms with Gasteiger partial charge >= 0.3 is 0 Å². The number of amides is 1. The van der Waals surface area contributed by atoms with E-state index in [0.29, 0.717) is 39.7 Å². The lowest BCUT2D eigenvalue weighted by atomic mass is 10.1. The maximum Gasteiger partial charge on any atom is 0.253 e. The van der Waals surface area contributed by atoms with Gasteiger partial charge in [-0.25, -0.2) is 14.4 Å². The molecule has 2 aromatic carbocycles. The third kappa shape index (κ3) is 3.53. The number of hydrogen-bond donors (Lipinski definition) is 1. The van der Waals surface area contributed by atoms with Gasteiger partial charge in [-0.15, -0.1) is 0 Å². The first-order valence-electron chi connectivity index (χ1n) is 8.76. The van der Waals surface area contributed by atoms with Crippen molar-refractivity contribution in [2.75, 3.05) is 19.9 Å². The number of ether oxygens (including phenoxy) is 3. The van der Waals surface area contributed by atoms with E-state index in [1.54, 1.807) is 32.0 Å². The van der Waals surface area contributed by atoms with Crippen LogP contribution in [0.4, 0.5) is 4.39 Å². The third-order valence-corrected chi connectivity index (χ3v) is 4.39. The zero-order valence-corrected chi connectivity index (χ0v) is 15.4. The Morgan fingerprint density at radius 2 is 1.93 bits per heavy atom. The fourth-order valence-electron chi connectivity index (χ4n) is 2.87. The fourth-order valence-corrected chi connectivity index (χ4v) is 2.87. The smallest absolute Gasteiger partial charge is 0.253 e. The van der Waals surface area contributed by atoms with E-state index >= 15 is 0 Å². The van der Waals surface area contributed by atoms with E-state index in [0.717, 1.165) is 0 Å². The Hall–Kier alpha value is -3.42. The molecule has 1 N–H and O–H groups in total. The molecule has 0 aliphatic carbocycles. The van der Waals surface area contributed by atoms with Gasteiger partial charge in [-0.3, -0.25) is 4.79 Å². The molecule has 0 spiro atoms. The average Bonchev–Trinajstić information content (AvgIpc) is 3.13. The van der Waals surface area contributed by atoms with Gasteiger partial charge in [0.1, 0.15) is 23.7 Å². The molecule has 3 aromatic rings. The summed E-state index contributed by atoms with van der Waals surface area (Å²) in [5.74, 6) is 0.928. The summed E-state index contributed by atoms with van der Waals surface area (Å²) in [4.78, 5) is 21.2. The standard InChI is InChI=1S/C20H18FN3O4/c1-11-12(2)24-19-15(7-13(21)8-16(19)23-11)20(25)22-5-6-26-14-3-4-17-18(9-14)28-10-27-17/h3-4,7-9H,5-6,10H2,1-2H3,(H,22,25). The van der Waals surface area contributed by atoms with Gasteiger partial charge in [0.25, 0.3) is 5.91 Å². The Labute approximate surface area is 160 Å².